The molecule has 1 aliphatic carbocycles. The van der Waals surface area contributed by atoms with Crippen molar-refractivity contribution in [1.82, 2.24) is 24.7 Å². The molecule has 3 atom stereocenters. The number of hydrogen-bond acceptors (Lipinski definition) is 9. The number of nitrogens with zero attached hydrogens (tertiary/aromatic N) is 3. The molecule has 0 radical (unpaired) electrons. The van der Waals surface area contributed by atoms with Gasteiger partial charge >= 0.3 is 11.9 Å². The van der Waals surface area contributed by atoms with Gasteiger partial charge in [0.1, 0.15) is 29.5 Å². The number of nitrogen functional groups attached to an aromatic ring is 1. The molecule has 12 nitrogen and oxygen atoms in total. The number of rotatable bonds is 17. The zero-order valence-corrected chi connectivity index (χ0v) is 25.2. The summed E-state index contributed by atoms with van der Waals surface area (Å²) < 4.78 is 33.0. The van der Waals surface area contributed by atoms with Crippen LogP contribution in [0.2, 0.25) is 0 Å². The molecule has 0 amide bonds. The maximum atomic E-state index is 14.2. The fourth-order valence-corrected chi connectivity index (χ4v) is 6.66. The van der Waals surface area contributed by atoms with Crippen molar-refractivity contribution in [2.24, 2.45) is 0 Å². The fourth-order valence-electron chi connectivity index (χ4n) is 4.27. The molecule has 0 bridgehead atoms. The number of nitrogens with one attached hydrogen (secondary N) is 2. The van der Waals surface area contributed by atoms with Crippen LogP contribution in [0.15, 0.2) is 18.6 Å². The fraction of sp³-hybridized carbons (Fsp3) is 0.704. The molecule has 13 heteroatoms. The van der Waals surface area contributed by atoms with Gasteiger partial charge in [0.25, 0.3) is 0 Å². The van der Waals surface area contributed by atoms with Gasteiger partial charge < -0.3 is 24.5 Å². The van der Waals surface area contributed by atoms with Gasteiger partial charge in [-0.25, -0.2) is 20.1 Å². The third kappa shape index (κ3) is 8.99. The summed E-state index contributed by atoms with van der Waals surface area (Å²) in [6.45, 7) is 9.39. The Morgan fingerprint density at radius 1 is 1.23 bits per heavy atom. The quantitative estimate of drug-likeness (QED) is 0.140. The first kappa shape index (κ1) is 32.0. The van der Waals surface area contributed by atoms with Crippen LogP contribution in [0.5, 0.6) is 0 Å². The number of carbonyl (C=O) groups excluding carboxylic acids is 2. The highest BCUT2D eigenvalue weighted by Gasteiger charge is 2.39. The van der Waals surface area contributed by atoms with Crippen molar-refractivity contribution in [1.29, 1.82) is 0 Å². The summed E-state index contributed by atoms with van der Waals surface area (Å²) in [5.41, 5.74) is 6.42. The first-order valence-corrected chi connectivity index (χ1v) is 16.0. The van der Waals surface area contributed by atoms with Crippen LogP contribution in [0, 0.1) is 0 Å². The number of anilines is 1. The topological polar surface area (TPSA) is 160 Å². The number of carbonyl (C=O) groups is 2. The molecule has 0 spiro atoms. The van der Waals surface area contributed by atoms with Gasteiger partial charge in [-0.05, 0) is 59.4 Å². The van der Waals surface area contributed by atoms with Crippen LogP contribution < -0.4 is 15.9 Å². The summed E-state index contributed by atoms with van der Waals surface area (Å²) in [4.78, 5) is 34.2. The molecule has 0 aliphatic heterocycles. The minimum Gasteiger partial charge on any atom is -0.464 e. The van der Waals surface area contributed by atoms with Gasteiger partial charge in [0.15, 0.2) is 5.65 Å². The molecule has 1 unspecified atom stereocenters. The molecular formula is C27H45N6O6P. The van der Waals surface area contributed by atoms with Crippen molar-refractivity contribution in [3.8, 4) is 0 Å². The Kier molecular flexibility index (Phi) is 11.5. The van der Waals surface area contributed by atoms with Gasteiger partial charge in [-0.3, -0.25) is 14.2 Å². The van der Waals surface area contributed by atoms with E-state index in [1.807, 2.05) is 6.92 Å². The molecular weight excluding hydrogens is 535 g/mol. The summed E-state index contributed by atoms with van der Waals surface area (Å²) >= 11 is 0. The number of nitrogens with two attached hydrogens (primary N) is 1. The molecule has 0 aromatic carbocycles. The highest BCUT2D eigenvalue weighted by molar-refractivity contribution is 7.59. The van der Waals surface area contributed by atoms with Gasteiger partial charge in [-0.2, -0.15) is 0 Å². The number of aromatic nitrogens is 3. The Morgan fingerprint density at radius 2 is 1.98 bits per heavy atom. The lowest BCUT2D eigenvalue weighted by Gasteiger charge is -2.33. The van der Waals surface area contributed by atoms with Gasteiger partial charge in [-0.15, -0.1) is 0 Å². The van der Waals surface area contributed by atoms with Crippen LogP contribution in [-0.4, -0.2) is 63.2 Å². The monoisotopic (exact) mass is 580 g/mol. The van der Waals surface area contributed by atoms with Gasteiger partial charge in [0, 0.05) is 6.20 Å². The molecule has 0 saturated heterocycles. The smallest absolute Gasteiger partial charge is 0.326 e. The average molecular weight is 581 g/mol. The molecule has 1 fully saturated rings. The average Bonchev–Trinajstić information content (AvgIpc) is 3.28. The van der Waals surface area contributed by atoms with Crippen LogP contribution in [-0.2, 0) is 34.9 Å². The molecule has 3 rings (SSSR count). The molecule has 1 aliphatic rings. The summed E-state index contributed by atoms with van der Waals surface area (Å²) in [6, 6.07) is 0.797. The van der Waals surface area contributed by atoms with E-state index in [-0.39, 0.29) is 19.1 Å². The number of unbranched alkanes of at least 4 members (excludes halogenated alkanes) is 3. The second kappa shape index (κ2) is 14.4. The van der Waals surface area contributed by atoms with E-state index in [9.17, 15) is 14.2 Å². The van der Waals surface area contributed by atoms with E-state index >= 15 is 0 Å². The molecule has 1 saturated carbocycles. The van der Waals surface area contributed by atoms with Crippen LogP contribution in [0.1, 0.15) is 79.6 Å². The Labute approximate surface area is 236 Å². The van der Waals surface area contributed by atoms with Crippen molar-refractivity contribution >= 4 is 36.2 Å². The van der Waals surface area contributed by atoms with E-state index in [2.05, 4.69) is 27.1 Å². The predicted molar refractivity (Wildman–Crippen MR) is 154 cm³/mol. The molecule has 40 heavy (non-hydrogen) atoms. The van der Waals surface area contributed by atoms with Gasteiger partial charge in [0.2, 0.25) is 7.44 Å². The van der Waals surface area contributed by atoms with Crippen LogP contribution in [0.3, 0.4) is 0 Å². The van der Waals surface area contributed by atoms with Crippen LogP contribution in [0.4, 0.5) is 5.69 Å². The number of esters is 2. The van der Waals surface area contributed by atoms with E-state index in [1.54, 1.807) is 43.9 Å². The SMILES string of the molecule is CCCCCCOC(=O)C(C)(C)NP(=O)(CO[C@H](C)Cn1cnc2c(N)ccnc21)N[C@H](C)C(=O)OC1CCC1. The predicted octanol–water partition coefficient (Wildman–Crippen LogP) is 4.13. The first-order chi connectivity index (χ1) is 18.9. The zero-order chi connectivity index (χ0) is 29.3. The summed E-state index contributed by atoms with van der Waals surface area (Å²) in [5.74, 6) is -1.03. The van der Waals surface area contributed by atoms with Gasteiger partial charge in [-0.1, -0.05) is 26.2 Å². The number of fused-ring (bicyclic) bond motifs is 1. The lowest BCUT2D eigenvalue weighted by Crippen LogP contribution is -2.50. The third-order valence-corrected chi connectivity index (χ3v) is 9.06. The first-order valence-electron chi connectivity index (χ1n) is 14.1. The van der Waals surface area contributed by atoms with E-state index in [0.29, 0.717) is 23.4 Å². The standard InChI is InChI=1S/C27H45N6O6P/c1-6-7-8-9-15-37-26(35)27(4,5)32-40(36,31-20(3)25(34)39-21-11-10-12-21)18-38-19(2)16-33-17-30-23-22(28)13-14-29-24(23)33/h13-14,17,19-21H,6-12,15-16,18H2,1-5H3,(H2,28,29)(H2,31,32,36)/t19-,20-,40?/m1/s1. The van der Waals surface area contributed by atoms with Crippen molar-refractivity contribution in [2.45, 2.75) is 110 Å². The van der Waals surface area contributed by atoms with Crippen LogP contribution in [0.25, 0.3) is 11.2 Å². The summed E-state index contributed by atoms with van der Waals surface area (Å²) in [6.07, 6.45) is 9.00. The van der Waals surface area contributed by atoms with Gasteiger partial charge in [0.05, 0.1) is 31.3 Å². The van der Waals surface area contributed by atoms with E-state index in [1.165, 1.54) is 0 Å². The third-order valence-electron chi connectivity index (χ3n) is 6.82. The largest absolute Gasteiger partial charge is 0.464 e. The van der Waals surface area contributed by atoms with Crippen molar-refractivity contribution < 1.29 is 28.4 Å². The Bertz CT molecular complexity index is 1180. The minimum absolute atomic E-state index is 0.104. The Hall–Kier alpha value is -2.53. The molecule has 4 N–H and O–H groups in total. The maximum Gasteiger partial charge on any atom is 0.326 e. The number of ether oxygens (including phenoxy) is 3. The number of imidazole rings is 1. The Balaban J connectivity index is 1.66. The molecule has 2 aromatic rings. The highest BCUT2D eigenvalue weighted by Crippen LogP contribution is 2.40. The summed E-state index contributed by atoms with van der Waals surface area (Å²) in [5, 5.41) is 5.81. The maximum absolute atomic E-state index is 14.2. The second-order valence-electron chi connectivity index (χ2n) is 11.1. The summed E-state index contributed by atoms with van der Waals surface area (Å²) in [7, 11) is -3.67. The minimum atomic E-state index is -3.67. The lowest BCUT2D eigenvalue weighted by atomic mass is 9.96. The van der Waals surface area contributed by atoms with Crippen LogP contribution >= 0.6 is 7.44 Å². The normalized spacial score (nSPS) is 17.1. The second-order valence-corrected chi connectivity index (χ2v) is 13.3. The molecule has 2 aromatic heterocycles. The van der Waals surface area contributed by atoms with E-state index < -0.39 is 37.1 Å². The highest BCUT2D eigenvalue weighted by atomic mass is 31.2. The van der Waals surface area contributed by atoms with E-state index in [4.69, 9.17) is 19.9 Å². The zero-order valence-electron chi connectivity index (χ0n) is 24.4. The number of pyridine rings is 1. The number of hydrogen-bond donors (Lipinski definition) is 3. The van der Waals surface area contributed by atoms with Crippen molar-refractivity contribution in [3.63, 3.8) is 0 Å². The molecule has 224 valence electrons. The lowest BCUT2D eigenvalue weighted by molar-refractivity contribution is -0.154. The van der Waals surface area contributed by atoms with E-state index in [0.717, 1.165) is 44.9 Å². The Morgan fingerprint density at radius 3 is 2.65 bits per heavy atom. The molecule has 2 heterocycles. The van der Waals surface area contributed by atoms with Crippen molar-refractivity contribution in [3.05, 3.63) is 18.6 Å². The van der Waals surface area contributed by atoms with Crippen molar-refractivity contribution in [2.75, 3.05) is 18.7 Å².